The summed E-state index contributed by atoms with van der Waals surface area (Å²) in [5.41, 5.74) is 2.83. The number of aromatic nitrogens is 3. The molecule has 3 heterocycles. The fourth-order valence-corrected chi connectivity index (χ4v) is 3.95. The van der Waals surface area contributed by atoms with Gasteiger partial charge in [0, 0.05) is 42.6 Å². The van der Waals surface area contributed by atoms with Gasteiger partial charge in [-0.05, 0) is 31.9 Å². The number of nitrogens with zero attached hydrogens (tertiary/aromatic N) is 4. The zero-order chi connectivity index (χ0) is 18.4. The normalized spacial score (nSPS) is 19.8. The molecular weight excluding hydrogens is 340 g/mol. The third-order valence-corrected chi connectivity index (χ3v) is 5.42. The summed E-state index contributed by atoms with van der Waals surface area (Å²) in [4.78, 5) is 14.2. The van der Waals surface area contributed by atoms with Crippen molar-refractivity contribution in [2.24, 2.45) is 5.92 Å². The van der Waals surface area contributed by atoms with Crippen molar-refractivity contribution in [3.8, 4) is 22.6 Å². The maximum absolute atomic E-state index is 12.2. The van der Waals surface area contributed by atoms with E-state index < -0.39 is 0 Å². The lowest BCUT2D eigenvalue weighted by molar-refractivity contribution is -0.128. The van der Waals surface area contributed by atoms with Crippen LogP contribution in [0.2, 0.25) is 0 Å². The Bertz CT molecular complexity index is 985. The van der Waals surface area contributed by atoms with Gasteiger partial charge in [-0.1, -0.05) is 29.5 Å². The van der Waals surface area contributed by atoms with Gasteiger partial charge in [-0.25, -0.2) is 0 Å². The molecule has 138 valence electrons. The molecule has 5 rings (SSSR count). The SMILES string of the molecule is Cc1ccc(-c2ccccc2-c2cn(C[C@@H]3CC(=O)N(C4CC4)C3)nn2)o1. The van der Waals surface area contributed by atoms with Crippen LogP contribution >= 0.6 is 0 Å². The summed E-state index contributed by atoms with van der Waals surface area (Å²) >= 11 is 0. The van der Waals surface area contributed by atoms with Gasteiger partial charge >= 0.3 is 0 Å². The van der Waals surface area contributed by atoms with Crippen LogP contribution in [0.15, 0.2) is 47.0 Å². The van der Waals surface area contributed by atoms with Crippen LogP contribution in [0, 0.1) is 12.8 Å². The second-order valence-corrected chi connectivity index (χ2v) is 7.63. The van der Waals surface area contributed by atoms with Crippen LogP contribution in [0.1, 0.15) is 25.0 Å². The molecule has 1 saturated heterocycles. The number of benzene rings is 1. The first-order valence-corrected chi connectivity index (χ1v) is 9.53. The van der Waals surface area contributed by atoms with Crippen LogP contribution < -0.4 is 0 Å². The lowest BCUT2D eigenvalue weighted by Gasteiger charge is -2.15. The number of rotatable bonds is 5. The fourth-order valence-electron chi connectivity index (χ4n) is 3.95. The van der Waals surface area contributed by atoms with E-state index in [1.807, 2.05) is 54.2 Å². The first-order chi connectivity index (χ1) is 13.2. The van der Waals surface area contributed by atoms with Gasteiger partial charge < -0.3 is 9.32 Å². The predicted octanol–water partition coefficient (Wildman–Crippen LogP) is 3.52. The van der Waals surface area contributed by atoms with Gasteiger partial charge in [-0.2, -0.15) is 0 Å². The Labute approximate surface area is 157 Å². The van der Waals surface area contributed by atoms with E-state index in [0.717, 1.165) is 54.3 Å². The molecule has 1 aromatic carbocycles. The van der Waals surface area contributed by atoms with Crippen LogP contribution in [0.3, 0.4) is 0 Å². The van der Waals surface area contributed by atoms with E-state index in [9.17, 15) is 4.79 Å². The monoisotopic (exact) mass is 362 g/mol. The summed E-state index contributed by atoms with van der Waals surface area (Å²) < 4.78 is 7.67. The minimum absolute atomic E-state index is 0.293. The maximum atomic E-state index is 12.2. The second-order valence-electron chi connectivity index (χ2n) is 7.63. The lowest BCUT2D eigenvalue weighted by Crippen LogP contribution is -2.27. The first kappa shape index (κ1) is 16.3. The molecule has 1 aliphatic heterocycles. The fraction of sp³-hybridized carbons (Fsp3) is 0.381. The minimum atomic E-state index is 0.293. The number of hydrogen-bond donors (Lipinski definition) is 0. The van der Waals surface area contributed by atoms with E-state index in [4.69, 9.17) is 4.42 Å². The number of furan rings is 1. The lowest BCUT2D eigenvalue weighted by atomic mass is 10.0. The number of aryl methyl sites for hydroxylation is 1. The minimum Gasteiger partial charge on any atom is -0.461 e. The molecule has 6 heteroatoms. The molecule has 0 N–H and O–H groups in total. The number of likely N-dealkylation sites (tertiary alicyclic amines) is 1. The van der Waals surface area contributed by atoms with Gasteiger partial charge in [0.25, 0.3) is 0 Å². The Kier molecular flexibility index (Phi) is 3.85. The van der Waals surface area contributed by atoms with Crippen molar-refractivity contribution in [3.63, 3.8) is 0 Å². The molecule has 1 amide bonds. The van der Waals surface area contributed by atoms with Crippen molar-refractivity contribution in [3.05, 3.63) is 48.4 Å². The van der Waals surface area contributed by atoms with Gasteiger partial charge in [0.05, 0.1) is 6.20 Å². The topological polar surface area (TPSA) is 64.2 Å². The summed E-state index contributed by atoms with van der Waals surface area (Å²) in [6.07, 6.45) is 4.91. The van der Waals surface area contributed by atoms with E-state index in [-0.39, 0.29) is 0 Å². The van der Waals surface area contributed by atoms with E-state index in [1.165, 1.54) is 0 Å². The van der Waals surface area contributed by atoms with Crippen molar-refractivity contribution < 1.29 is 9.21 Å². The maximum Gasteiger partial charge on any atom is 0.223 e. The molecule has 1 saturated carbocycles. The van der Waals surface area contributed by atoms with Gasteiger partial charge in [0.15, 0.2) is 0 Å². The van der Waals surface area contributed by atoms with E-state index in [2.05, 4.69) is 15.2 Å². The van der Waals surface area contributed by atoms with Crippen LogP contribution in [0.4, 0.5) is 0 Å². The highest BCUT2D eigenvalue weighted by atomic mass is 16.3. The van der Waals surface area contributed by atoms with E-state index >= 15 is 0 Å². The third-order valence-electron chi connectivity index (χ3n) is 5.42. The molecule has 1 atom stereocenters. The predicted molar refractivity (Wildman–Crippen MR) is 101 cm³/mol. The Hall–Kier alpha value is -2.89. The Morgan fingerprint density at radius 2 is 1.96 bits per heavy atom. The Balaban J connectivity index is 1.36. The molecule has 0 bridgehead atoms. The first-order valence-electron chi connectivity index (χ1n) is 9.53. The average molecular weight is 362 g/mol. The standard InChI is InChI=1S/C21H22N4O2/c1-14-6-9-20(27-14)18-5-3-2-4-17(18)19-13-24(23-22-19)11-15-10-21(26)25(12-15)16-7-8-16/h2-6,9,13,15-16H,7-8,10-12H2,1H3/t15-/m0/s1. The highest BCUT2D eigenvalue weighted by molar-refractivity contribution is 5.80. The number of amides is 1. The quantitative estimate of drug-likeness (QED) is 0.697. The highest BCUT2D eigenvalue weighted by Crippen LogP contribution is 2.34. The van der Waals surface area contributed by atoms with Gasteiger partial charge in [0.1, 0.15) is 17.2 Å². The highest BCUT2D eigenvalue weighted by Gasteiger charge is 2.39. The van der Waals surface area contributed by atoms with E-state index in [0.29, 0.717) is 24.3 Å². The molecule has 6 nitrogen and oxygen atoms in total. The van der Waals surface area contributed by atoms with Crippen LogP contribution in [0.25, 0.3) is 22.6 Å². The molecule has 1 aliphatic carbocycles. The van der Waals surface area contributed by atoms with Crippen LogP contribution in [-0.2, 0) is 11.3 Å². The van der Waals surface area contributed by atoms with Gasteiger partial charge in [-0.15, -0.1) is 5.10 Å². The van der Waals surface area contributed by atoms with E-state index in [1.54, 1.807) is 0 Å². The van der Waals surface area contributed by atoms with Crippen LogP contribution in [-0.4, -0.2) is 38.4 Å². The summed E-state index contributed by atoms with van der Waals surface area (Å²) in [7, 11) is 0. The molecule has 2 aromatic heterocycles. The molecule has 0 spiro atoms. The third kappa shape index (κ3) is 3.16. The zero-order valence-corrected chi connectivity index (χ0v) is 15.3. The molecule has 0 unspecified atom stereocenters. The summed E-state index contributed by atoms with van der Waals surface area (Å²) in [5, 5.41) is 8.69. The number of carbonyl (C=O) groups is 1. The Morgan fingerprint density at radius 1 is 1.15 bits per heavy atom. The molecule has 27 heavy (non-hydrogen) atoms. The summed E-state index contributed by atoms with van der Waals surface area (Å²) in [6, 6.07) is 12.5. The van der Waals surface area contributed by atoms with Gasteiger partial charge in [0.2, 0.25) is 5.91 Å². The van der Waals surface area contributed by atoms with Crippen molar-refractivity contribution in [2.75, 3.05) is 6.54 Å². The van der Waals surface area contributed by atoms with Crippen molar-refractivity contribution in [1.82, 2.24) is 19.9 Å². The van der Waals surface area contributed by atoms with Crippen LogP contribution in [0.5, 0.6) is 0 Å². The number of hydrogen-bond acceptors (Lipinski definition) is 4. The Morgan fingerprint density at radius 3 is 2.70 bits per heavy atom. The molecule has 2 fully saturated rings. The van der Waals surface area contributed by atoms with Crippen molar-refractivity contribution in [2.45, 2.75) is 38.8 Å². The largest absolute Gasteiger partial charge is 0.461 e. The van der Waals surface area contributed by atoms with Crippen molar-refractivity contribution in [1.29, 1.82) is 0 Å². The zero-order valence-electron chi connectivity index (χ0n) is 15.3. The molecule has 2 aliphatic rings. The van der Waals surface area contributed by atoms with Gasteiger partial charge in [-0.3, -0.25) is 9.48 Å². The van der Waals surface area contributed by atoms with Crippen molar-refractivity contribution >= 4 is 5.91 Å². The smallest absolute Gasteiger partial charge is 0.223 e. The average Bonchev–Trinajstić information content (AvgIpc) is 3.06. The summed E-state index contributed by atoms with van der Waals surface area (Å²) in [6.45, 7) is 3.52. The molecular formula is C21H22N4O2. The molecule has 3 aromatic rings. The molecule has 0 radical (unpaired) electrons. The summed E-state index contributed by atoms with van der Waals surface area (Å²) in [5.74, 6) is 2.32. The number of carbonyl (C=O) groups excluding carboxylic acids is 1. The second kappa shape index (κ2) is 6.37.